The molecule has 0 aliphatic carbocycles. The molecule has 0 saturated carbocycles. The van der Waals surface area contributed by atoms with Crippen LogP contribution in [0.4, 0.5) is 0 Å². The number of rotatable bonds is 7. The molecule has 158 valence electrons. The Balaban J connectivity index is 1.59. The molecular weight excluding hydrogens is 402 g/mol. The summed E-state index contributed by atoms with van der Waals surface area (Å²) in [6.07, 6.45) is 0.686. The van der Waals surface area contributed by atoms with Gasteiger partial charge in [0, 0.05) is 19.6 Å². The number of carbonyl (C=O) groups excluding carboxylic acids is 1. The molecule has 1 fully saturated rings. The Kier molecular flexibility index (Phi) is 7.97. The summed E-state index contributed by atoms with van der Waals surface area (Å²) >= 11 is 0. The van der Waals surface area contributed by atoms with Gasteiger partial charge in [0.25, 0.3) is 5.91 Å². The summed E-state index contributed by atoms with van der Waals surface area (Å²) in [7, 11) is -2.44. The number of carbonyl (C=O) groups is 1. The van der Waals surface area contributed by atoms with Crippen LogP contribution in [-0.4, -0.2) is 46.2 Å². The van der Waals surface area contributed by atoms with Crippen molar-refractivity contribution in [1.29, 1.82) is 5.26 Å². The molecule has 0 spiro atoms. The summed E-state index contributed by atoms with van der Waals surface area (Å²) in [5.74, 6) is -0.231. The van der Waals surface area contributed by atoms with Crippen molar-refractivity contribution in [3.8, 4) is 17.2 Å². The van der Waals surface area contributed by atoms with Gasteiger partial charge in [0.15, 0.2) is 0 Å². The lowest BCUT2D eigenvalue weighted by atomic mass is 10.00. The highest BCUT2D eigenvalue weighted by atomic mass is 32.2. The summed E-state index contributed by atoms with van der Waals surface area (Å²) in [5.41, 5.74) is 3.67. The molecule has 1 aliphatic rings. The van der Waals surface area contributed by atoms with Crippen LogP contribution in [0.2, 0.25) is 0 Å². The number of hydrogen-bond donors (Lipinski definition) is 3. The zero-order valence-corrected chi connectivity index (χ0v) is 17.4. The van der Waals surface area contributed by atoms with Gasteiger partial charge in [-0.25, -0.2) is 8.42 Å². The summed E-state index contributed by atoms with van der Waals surface area (Å²) in [6.45, 7) is 1.79. The number of amides is 1. The molecule has 0 aromatic heterocycles. The number of nitrogens with zero attached hydrogens (tertiary/aromatic N) is 1. The third kappa shape index (κ3) is 6.39. The molecular formula is C22H25N3O4S. The van der Waals surface area contributed by atoms with Crippen LogP contribution in [-0.2, 0) is 32.4 Å². The molecule has 1 heterocycles. The number of nitriles is 1. The van der Waals surface area contributed by atoms with Crippen LogP contribution in [0.25, 0.3) is 11.1 Å². The van der Waals surface area contributed by atoms with Gasteiger partial charge in [-0.3, -0.25) is 4.79 Å². The van der Waals surface area contributed by atoms with Crippen LogP contribution in [0.3, 0.4) is 0 Å². The van der Waals surface area contributed by atoms with E-state index in [1.807, 2.05) is 36.4 Å². The molecule has 1 aliphatic heterocycles. The molecule has 1 amide bonds. The van der Waals surface area contributed by atoms with Crippen molar-refractivity contribution in [2.45, 2.75) is 30.7 Å². The number of benzene rings is 2. The second-order valence-electron chi connectivity index (χ2n) is 7.20. The zero-order chi connectivity index (χ0) is 21.3. The molecule has 7 nitrogen and oxygen atoms in total. The maximum absolute atomic E-state index is 12.4. The van der Waals surface area contributed by atoms with E-state index in [0.29, 0.717) is 19.6 Å². The van der Waals surface area contributed by atoms with Crippen molar-refractivity contribution in [2.75, 3.05) is 19.7 Å². The predicted molar refractivity (Wildman–Crippen MR) is 114 cm³/mol. The Bertz CT molecular complexity index is 949. The maximum atomic E-state index is 12.4. The molecule has 0 radical (unpaired) electrons. The first kappa shape index (κ1) is 22.0. The normalized spacial score (nSPS) is 17.7. The number of ether oxygens (including phenoxy) is 1. The van der Waals surface area contributed by atoms with Gasteiger partial charge in [-0.2, -0.15) is 5.26 Å². The number of thiol groups is 1. The Morgan fingerprint density at radius 2 is 1.77 bits per heavy atom. The summed E-state index contributed by atoms with van der Waals surface area (Å²) in [6, 6.07) is 16.7. The fourth-order valence-electron chi connectivity index (χ4n) is 3.30. The highest BCUT2D eigenvalue weighted by Gasteiger charge is 2.23. The van der Waals surface area contributed by atoms with Crippen molar-refractivity contribution in [3.63, 3.8) is 0 Å². The molecule has 8 heteroatoms. The van der Waals surface area contributed by atoms with Crippen LogP contribution < -0.4 is 10.6 Å². The minimum Gasteiger partial charge on any atom is -0.367 e. The van der Waals surface area contributed by atoms with Crippen molar-refractivity contribution >= 4 is 16.6 Å². The largest absolute Gasteiger partial charge is 0.367 e. The van der Waals surface area contributed by atoms with Gasteiger partial charge in [-0.15, -0.1) is 0 Å². The smallest absolute Gasteiger partial charge is 0.251 e. The van der Waals surface area contributed by atoms with Gasteiger partial charge in [0.1, 0.15) is 22.8 Å². The SMILES string of the molecule is N#C[C@H](Cc1ccc(-c2ccc(C[SH](=O)=O)cc2)cc1)NC(=O)[C@@H]1CNCCCO1. The quantitative estimate of drug-likeness (QED) is 0.577. The van der Waals surface area contributed by atoms with Crippen LogP contribution in [0.5, 0.6) is 0 Å². The van der Waals surface area contributed by atoms with Crippen LogP contribution >= 0.6 is 0 Å². The van der Waals surface area contributed by atoms with Gasteiger partial charge in [-0.1, -0.05) is 48.5 Å². The average Bonchev–Trinajstić information content (AvgIpc) is 3.04. The first-order chi connectivity index (χ1) is 14.5. The first-order valence-corrected chi connectivity index (χ1v) is 11.2. The Labute approximate surface area is 178 Å². The van der Waals surface area contributed by atoms with Crippen molar-refractivity contribution < 1.29 is 17.9 Å². The summed E-state index contributed by atoms with van der Waals surface area (Å²) in [5, 5.41) is 15.4. The molecule has 2 aromatic rings. The van der Waals surface area contributed by atoms with Gasteiger partial charge >= 0.3 is 0 Å². The molecule has 3 rings (SSSR count). The van der Waals surface area contributed by atoms with E-state index < -0.39 is 22.8 Å². The van der Waals surface area contributed by atoms with E-state index in [1.54, 1.807) is 12.1 Å². The van der Waals surface area contributed by atoms with Crippen LogP contribution in [0.1, 0.15) is 17.5 Å². The Hall–Kier alpha value is -2.73. The van der Waals surface area contributed by atoms with Crippen LogP contribution in [0, 0.1) is 11.3 Å². The van der Waals surface area contributed by atoms with Gasteiger partial charge in [-0.05, 0) is 35.2 Å². The van der Waals surface area contributed by atoms with E-state index in [4.69, 9.17) is 4.74 Å². The molecule has 2 atom stereocenters. The lowest BCUT2D eigenvalue weighted by Gasteiger charge is -2.18. The topological polar surface area (TPSA) is 108 Å². The molecule has 1 saturated heterocycles. The minimum absolute atomic E-state index is 0.0395. The Morgan fingerprint density at radius 3 is 2.37 bits per heavy atom. The number of nitrogens with one attached hydrogen (secondary N) is 2. The molecule has 0 bridgehead atoms. The minimum atomic E-state index is -2.44. The van der Waals surface area contributed by atoms with E-state index in [2.05, 4.69) is 16.7 Å². The third-order valence-corrected chi connectivity index (χ3v) is 5.53. The fraction of sp³-hybridized carbons (Fsp3) is 0.364. The molecule has 2 N–H and O–H groups in total. The number of hydrogen-bond acceptors (Lipinski definition) is 6. The van der Waals surface area contributed by atoms with E-state index in [9.17, 15) is 18.5 Å². The standard InChI is InChI=1S/C22H25N3O4S/c23-13-20(25-22(26)21-14-24-10-1-11-29-21)12-16-2-6-18(7-3-16)19-8-4-17(5-9-19)15-30(27)28/h2-9,20-21,24,30H,1,10-12,14-15H2,(H,25,26)/t20-,21-/m0/s1. The second kappa shape index (κ2) is 10.9. The van der Waals surface area contributed by atoms with E-state index in [-0.39, 0.29) is 11.7 Å². The fourth-order valence-corrected chi connectivity index (χ4v) is 3.81. The zero-order valence-electron chi connectivity index (χ0n) is 16.5. The summed E-state index contributed by atoms with van der Waals surface area (Å²) in [4.78, 5) is 12.4. The van der Waals surface area contributed by atoms with Gasteiger partial charge < -0.3 is 15.4 Å². The second-order valence-corrected chi connectivity index (χ2v) is 8.18. The van der Waals surface area contributed by atoms with E-state index in [0.717, 1.165) is 35.2 Å². The van der Waals surface area contributed by atoms with Crippen molar-refractivity contribution in [1.82, 2.24) is 10.6 Å². The molecule has 30 heavy (non-hydrogen) atoms. The molecule has 2 aromatic carbocycles. The predicted octanol–water partition coefficient (Wildman–Crippen LogP) is 1.39. The summed E-state index contributed by atoms with van der Waals surface area (Å²) < 4.78 is 27.2. The van der Waals surface area contributed by atoms with E-state index in [1.165, 1.54) is 0 Å². The monoisotopic (exact) mass is 427 g/mol. The molecule has 0 unspecified atom stereocenters. The van der Waals surface area contributed by atoms with Crippen molar-refractivity contribution in [2.24, 2.45) is 0 Å². The van der Waals surface area contributed by atoms with E-state index >= 15 is 0 Å². The van der Waals surface area contributed by atoms with Crippen molar-refractivity contribution in [3.05, 3.63) is 59.7 Å². The first-order valence-electron chi connectivity index (χ1n) is 9.87. The van der Waals surface area contributed by atoms with Gasteiger partial charge in [0.2, 0.25) is 0 Å². The average molecular weight is 428 g/mol. The van der Waals surface area contributed by atoms with Gasteiger partial charge in [0.05, 0.1) is 11.8 Å². The lowest BCUT2D eigenvalue weighted by Crippen LogP contribution is -2.46. The highest BCUT2D eigenvalue weighted by molar-refractivity contribution is 7.71. The van der Waals surface area contributed by atoms with Crippen LogP contribution in [0.15, 0.2) is 48.5 Å². The Morgan fingerprint density at radius 1 is 1.13 bits per heavy atom. The highest BCUT2D eigenvalue weighted by Crippen LogP contribution is 2.21. The third-order valence-electron chi connectivity index (χ3n) is 4.90. The maximum Gasteiger partial charge on any atom is 0.251 e. The lowest BCUT2D eigenvalue weighted by molar-refractivity contribution is -0.132.